The molecular formula is C29H44O5. The molecule has 1 aliphatic heterocycles. The smallest absolute Gasteiger partial charge is 0.311 e. The van der Waals surface area contributed by atoms with Crippen LogP contribution < -0.4 is 0 Å². The normalized spacial score (nSPS) is 55.9. The zero-order valence-electron chi connectivity index (χ0n) is 21.7. The predicted molar refractivity (Wildman–Crippen MR) is 128 cm³/mol. The number of esters is 1. The summed E-state index contributed by atoms with van der Waals surface area (Å²) in [5.41, 5.74) is 0.126. The second-order valence-electron chi connectivity index (χ2n) is 13.6. The number of rotatable bonds is 3. The Balaban J connectivity index is 1.31. The van der Waals surface area contributed by atoms with Gasteiger partial charge in [-0.15, -0.1) is 0 Å². The number of allylic oxidation sites excluding steroid dienone is 2. The topological polar surface area (TPSA) is 65.0 Å². The molecule has 0 amide bonds. The molecular weight excluding hydrogens is 428 g/mol. The molecule has 0 spiro atoms. The van der Waals surface area contributed by atoms with Crippen LogP contribution in [0.15, 0.2) is 11.8 Å². The average Bonchev–Trinajstić information content (AvgIpc) is 3.22. The molecule has 5 fully saturated rings. The maximum atomic E-state index is 12.4. The zero-order chi connectivity index (χ0) is 24.0. The van der Waals surface area contributed by atoms with E-state index in [4.69, 9.17) is 14.2 Å². The van der Waals surface area contributed by atoms with Crippen LogP contribution in [0.5, 0.6) is 0 Å². The van der Waals surface area contributed by atoms with Crippen molar-refractivity contribution in [1.82, 2.24) is 0 Å². The van der Waals surface area contributed by atoms with Gasteiger partial charge in [0, 0.05) is 18.4 Å². The Bertz CT molecular complexity index is 884. The van der Waals surface area contributed by atoms with Crippen LogP contribution in [0.3, 0.4) is 0 Å². The van der Waals surface area contributed by atoms with E-state index in [1.165, 1.54) is 32.1 Å². The molecule has 1 heterocycles. The van der Waals surface area contributed by atoms with Gasteiger partial charge in [0.2, 0.25) is 0 Å². The number of carbonyl (C=O) groups is 1. The fourth-order valence-electron chi connectivity index (χ4n) is 10.9. The van der Waals surface area contributed by atoms with E-state index >= 15 is 0 Å². The number of aliphatic hydroxyl groups is 1. The van der Waals surface area contributed by atoms with Crippen molar-refractivity contribution in [3.05, 3.63) is 11.8 Å². The molecule has 6 aliphatic rings. The lowest BCUT2D eigenvalue weighted by atomic mass is 9.44. The molecule has 34 heavy (non-hydrogen) atoms. The molecule has 0 aromatic heterocycles. The van der Waals surface area contributed by atoms with Crippen LogP contribution in [0.25, 0.3) is 0 Å². The number of carbonyl (C=O) groups excluding carboxylic acids is 1. The van der Waals surface area contributed by atoms with E-state index < -0.39 is 0 Å². The van der Waals surface area contributed by atoms with Crippen LogP contribution in [-0.2, 0) is 19.0 Å². The lowest BCUT2D eigenvalue weighted by Crippen LogP contribution is -2.55. The largest absolute Gasteiger partial charge is 0.431 e. The summed E-state index contributed by atoms with van der Waals surface area (Å²) in [6.07, 6.45) is 11.1. The van der Waals surface area contributed by atoms with E-state index in [-0.39, 0.29) is 28.8 Å². The van der Waals surface area contributed by atoms with Crippen molar-refractivity contribution in [1.29, 1.82) is 0 Å². The summed E-state index contributed by atoms with van der Waals surface area (Å²) in [5.74, 6) is 3.88. The summed E-state index contributed by atoms with van der Waals surface area (Å²) >= 11 is 0. The van der Waals surface area contributed by atoms with Gasteiger partial charge in [0.25, 0.3) is 0 Å². The second kappa shape index (κ2) is 7.79. The molecule has 1 N–H and O–H groups in total. The molecule has 1 saturated heterocycles. The minimum Gasteiger partial charge on any atom is -0.431 e. The van der Waals surface area contributed by atoms with Gasteiger partial charge in [-0.05, 0) is 97.4 Å². The van der Waals surface area contributed by atoms with E-state index in [0.717, 1.165) is 18.6 Å². The lowest BCUT2D eigenvalue weighted by molar-refractivity contribution is -0.160. The summed E-state index contributed by atoms with van der Waals surface area (Å²) in [5, 5.41) is 12.1. The van der Waals surface area contributed by atoms with E-state index in [0.29, 0.717) is 60.2 Å². The Morgan fingerprint density at radius 3 is 2.59 bits per heavy atom. The van der Waals surface area contributed by atoms with Gasteiger partial charge in [0.05, 0.1) is 18.6 Å². The van der Waals surface area contributed by atoms with Gasteiger partial charge in [-0.1, -0.05) is 27.7 Å². The fourth-order valence-corrected chi connectivity index (χ4v) is 10.9. The number of methoxy groups -OCH3 is 1. The highest BCUT2D eigenvalue weighted by atomic mass is 16.7. The van der Waals surface area contributed by atoms with Gasteiger partial charge in [-0.2, -0.15) is 0 Å². The molecule has 5 nitrogen and oxygen atoms in total. The minimum atomic E-state index is -0.352. The minimum absolute atomic E-state index is 0.117. The fraction of sp³-hybridized carbons (Fsp3) is 0.897. The summed E-state index contributed by atoms with van der Waals surface area (Å²) in [4.78, 5) is 12.4. The quantitative estimate of drug-likeness (QED) is 0.445. The molecule has 0 radical (unpaired) electrons. The Morgan fingerprint density at radius 2 is 1.82 bits per heavy atom. The third-order valence-corrected chi connectivity index (χ3v) is 12.2. The van der Waals surface area contributed by atoms with E-state index in [1.54, 1.807) is 7.11 Å². The first-order valence-corrected chi connectivity index (χ1v) is 13.8. The average molecular weight is 473 g/mol. The van der Waals surface area contributed by atoms with Crippen molar-refractivity contribution in [2.45, 2.75) is 91.3 Å². The third-order valence-electron chi connectivity index (χ3n) is 12.2. The summed E-state index contributed by atoms with van der Waals surface area (Å²) < 4.78 is 16.9. The summed E-state index contributed by atoms with van der Waals surface area (Å²) in [6, 6.07) is 0. The molecule has 0 unspecified atom stereocenters. The van der Waals surface area contributed by atoms with Crippen LogP contribution >= 0.6 is 0 Å². The van der Waals surface area contributed by atoms with Crippen LogP contribution in [0.4, 0.5) is 0 Å². The molecule has 12 atom stereocenters. The van der Waals surface area contributed by atoms with Crippen molar-refractivity contribution in [2.24, 2.45) is 57.7 Å². The predicted octanol–water partition coefficient (Wildman–Crippen LogP) is 5.32. The van der Waals surface area contributed by atoms with E-state index in [9.17, 15) is 9.90 Å². The highest BCUT2D eigenvalue weighted by molar-refractivity contribution is 5.76. The molecule has 5 heteroatoms. The van der Waals surface area contributed by atoms with Crippen LogP contribution in [0, 0.1) is 57.7 Å². The SMILES string of the molecule is COCO[C@H]1CC[C@@]2(C)[C@@H](CC[C@H]3[C@@H]4[C@H](O)[C@H]5[C@H]([C@H](C)C=C6OC(=O)C[C@@]65C)[C@@]4(C)CC[C@@H]32)C1. The van der Waals surface area contributed by atoms with Gasteiger partial charge in [0.15, 0.2) is 0 Å². The van der Waals surface area contributed by atoms with Gasteiger partial charge in [-0.3, -0.25) is 4.79 Å². The maximum absolute atomic E-state index is 12.4. The van der Waals surface area contributed by atoms with Crippen molar-refractivity contribution in [3.63, 3.8) is 0 Å². The number of hydrogen-bond acceptors (Lipinski definition) is 5. The van der Waals surface area contributed by atoms with Gasteiger partial charge in [-0.25, -0.2) is 0 Å². The van der Waals surface area contributed by atoms with Crippen molar-refractivity contribution in [2.75, 3.05) is 13.9 Å². The number of aliphatic hydroxyl groups excluding tert-OH is 1. The van der Waals surface area contributed by atoms with Gasteiger partial charge < -0.3 is 19.3 Å². The van der Waals surface area contributed by atoms with Gasteiger partial charge >= 0.3 is 5.97 Å². The summed E-state index contributed by atoms with van der Waals surface area (Å²) in [6.45, 7) is 9.93. The molecule has 0 aromatic carbocycles. The van der Waals surface area contributed by atoms with Crippen molar-refractivity contribution >= 4 is 5.97 Å². The Hall–Kier alpha value is -0.910. The molecule has 0 bridgehead atoms. The highest BCUT2D eigenvalue weighted by Gasteiger charge is 2.71. The molecule has 0 aromatic rings. The first kappa shape index (κ1) is 23.5. The van der Waals surface area contributed by atoms with Crippen LogP contribution in [0.1, 0.15) is 79.1 Å². The zero-order valence-corrected chi connectivity index (χ0v) is 21.7. The molecule has 6 rings (SSSR count). The van der Waals surface area contributed by atoms with Crippen molar-refractivity contribution in [3.8, 4) is 0 Å². The second-order valence-corrected chi connectivity index (χ2v) is 13.6. The monoisotopic (exact) mass is 472 g/mol. The Labute approximate surface area is 205 Å². The third kappa shape index (κ3) is 2.99. The highest BCUT2D eigenvalue weighted by Crippen LogP contribution is 2.73. The molecule has 4 saturated carbocycles. The first-order chi connectivity index (χ1) is 16.1. The van der Waals surface area contributed by atoms with E-state index in [1.807, 2.05) is 0 Å². The Kier molecular flexibility index (Phi) is 5.38. The number of fused-ring (bicyclic) bond motifs is 9. The number of ether oxygens (including phenoxy) is 3. The van der Waals surface area contributed by atoms with Gasteiger partial charge in [0.1, 0.15) is 12.6 Å². The van der Waals surface area contributed by atoms with Crippen molar-refractivity contribution < 1.29 is 24.1 Å². The first-order valence-electron chi connectivity index (χ1n) is 13.8. The maximum Gasteiger partial charge on any atom is 0.311 e. The summed E-state index contributed by atoms with van der Waals surface area (Å²) in [7, 11) is 1.70. The number of hydrogen-bond donors (Lipinski definition) is 1. The lowest BCUT2D eigenvalue weighted by Gasteiger charge is -2.61. The standard InChI is InChI=1S/C29H44O5/c1-16-12-21-29(4,14-22(30)34-21)25-23(16)28(3)11-9-20-19(24(28)26(25)31)7-6-17-13-18(33-15-32-5)8-10-27(17,20)2/h12,16-20,23-26,31H,6-11,13-15H2,1-5H3/t16-,17+,18+,19-,20+,23+,24-,25-,26+,27+,28-,29+/m1/s1. The van der Waals surface area contributed by atoms with Crippen LogP contribution in [0.2, 0.25) is 0 Å². The van der Waals surface area contributed by atoms with E-state index in [2.05, 4.69) is 33.8 Å². The molecule has 5 aliphatic carbocycles. The Morgan fingerprint density at radius 1 is 1.06 bits per heavy atom. The van der Waals surface area contributed by atoms with Crippen LogP contribution in [-0.4, -0.2) is 37.2 Å². The molecule has 190 valence electrons.